The van der Waals surface area contributed by atoms with E-state index in [1.54, 1.807) is 18.2 Å². The van der Waals surface area contributed by atoms with Crippen molar-refractivity contribution in [1.29, 1.82) is 0 Å². The van der Waals surface area contributed by atoms with Gasteiger partial charge in [0, 0.05) is 25.7 Å². The van der Waals surface area contributed by atoms with Crippen molar-refractivity contribution in [3.05, 3.63) is 69.6 Å². The number of piperidine rings is 1. The van der Waals surface area contributed by atoms with Gasteiger partial charge in [0.2, 0.25) is 0 Å². The van der Waals surface area contributed by atoms with E-state index >= 15 is 0 Å². The van der Waals surface area contributed by atoms with Crippen LogP contribution in [0.2, 0.25) is 0 Å². The molecular weight excluding hydrogens is 427 g/mol. The van der Waals surface area contributed by atoms with Crippen LogP contribution in [0.25, 0.3) is 0 Å². The number of aromatic nitrogens is 1. The summed E-state index contributed by atoms with van der Waals surface area (Å²) < 4.78 is 67.8. The first-order chi connectivity index (χ1) is 14.5. The van der Waals surface area contributed by atoms with Gasteiger partial charge in [-0.1, -0.05) is 18.2 Å². The van der Waals surface area contributed by atoms with Gasteiger partial charge in [0.15, 0.2) is 6.29 Å². The second kappa shape index (κ2) is 8.58. The van der Waals surface area contributed by atoms with Gasteiger partial charge < -0.3 is 9.40 Å². The summed E-state index contributed by atoms with van der Waals surface area (Å²) in [5, 5.41) is 0.997. The van der Waals surface area contributed by atoms with Gasteiger partial charge in [-0.2, -0.15) is 13.2 Å². The first-order valence-corrected chi connectivity index (χ1v) is 9.16. The van der Waals surface area contributed by atoms with Crippen LogP contribution in [0.3, 0.4) is 0 Å². The Kier molecular flexibility index (Phi) is 6.25. The highest BCUT2D eigenvalue weighted by molar-refractivity contribution is 5.89. The Bertz CT molecular complexity index is 1020. The molecule has 1 aromatic carbocycles. The van der Waals surface area contributed by atoms with Crippen molar-refractivity contribution >= 4 is 12.3 Å². The number of aldehydes is 1. The maximum Gasteiger partial charge on any atom is 0.406 e. The van der Waals surface area contributed by atoms with Crippen LogP contribution >= 0.6 is 0 Å². The molecular formula is C20H17F5N2O4. The van der Waals surface area contributed by atoms with Crippen LogP contribution < -0.4 is 5.56 Å². The highest BCUT2D eigenvalue weighted by Crippen LogP contribution is 2.40. The number of nitrogens with zero attached hydrogens (tertiary/aromatic N) is 2. The van der Waals surface area contributed by atoms with Crippen molar-refractivity contribution in [3.63, 3.8) is 0 Å². The Labute approximate surface area is 172 Å². The molecule has 0 saturated carbocycles. The molecule has 31 heavy (non-hydrogen) atoms. The summed E-state index contributed by atoms with van der Waals surface area (Å²) >= 11 is 0. The van der Waals surface area contributed by atoms with Gasteiger partial charge in [0.25, 0.3) is 11.5 Å². The Morgan fingerprint density at radius 1 is 1.23 bits per heavy atom. The number of carbonyl (C=O) groups is 2. The molecule has 2 heterocycles. The quantitative estimate of drug-likeness (QED) is 0.522. The average molecular weight is 444 g/mol. The molecule has 166 valence electrons. The second-order valence-electron chi connectivity index (χ2n) is 7.09. The Balaban J connectivity index is 1.90. The predicted octanol–water partition coefficient (Wildman–Crippen LogP) is 3.42. The highest BCUT2D eigenvalue weighted by atomic mass is 19.4. The van der Waals surface area contributed by atoms with Crippen LogP contribution in [0, 0.1) is 0 Å². The zero-order chi connectivity index (χ0) is 22.8. The van der Waals surface area contributed by atoms with Crippen LogP contribution in [-0.4, -0.2) is 47.1 Å². The van der Waals surface area contributed by atoms with Gasteiger partial charge in [-0.05, 0) is 23.8 Å². The number of hydrogen-bond donors (Lipinski definition) is 0. The molecule has 1 unspecified atom stereocenters. The molecule has 11 heteroatoms. The van der Waals surface area contributed by atoms with Crippen molar-refractivity contribution in [3.8, 4) is 0 Å². The second-order valence-corrected chi connectivity index (χ2v) is 7.09. The van der Waals surface area contributed by atoms with E-state index in [9.17, 15) is 36.3 Å². The molecule has 1 aliphatic rings. The number of hydrogen-bond acceptors (Lipinski definition) is 5. The van der Waals surface area contributed by atoms with Crippen molar-refractivity contribution in [2.75, 3.05) is 13.1 Å². The van der Waals surface area contributed by atoms with Crippen molar-refractivity contribution in [1.82, 2.24) is 9.63 Å². The number of benzene rings is 1. The van der Waals surface area contributed by atoms with E-state index in [4.69, 9.17) is 4.84 Å². The number of halogens is 5. The van der Waals surface area contributed by atoms with Gasteiger partial charge in [-0.25, -0.2) is 13.6 Å². The lowest BCUT2D eigenvalue weighted by Crippen LogP contribution is -2.46. The number of carbonyl (C=O) groups excluding carboxylic acids is 2. The molecule has 0 amide bonds. The third kappa shape index (κ3) is 5.35. The summed E-state index contributed by atoms with van der Waals surface area (Å²) in [6.07, 6.45) is -4.85. The van der Waals surface area contributed by atoms with Gasteiger partial charge >= 0.3 is 12.1 Å². The number of rotatable bonds is 5. The average Bonchev–Trinajstić information content (AvgIpc) is 2.70. The lowest BCUT2D eigenvalue weighted by atomic mass is 9.88. The van der Waals surface area contributed by atoms with Gasteiger partial charge in [0.1, 0.15) is 6.54 Å². The first-order valence-electron chi connectivity index (χ1n) is 9.16. The summed E-state index contributed by atoms with van der Waals surface area (Å²) in [6, 6.07) is 8.66. The maximum atomic E-state index is 14.6. The Morgan fingerprint density at radius 3 is 2.52 bits per heavy atom. The van der Waals surface area contributed by atoms with E-state index < -0.39 is 54.6 Å². The summed E-state index contributed by atoms with van der Waals surface area (Å²) in [7, 11) is 0. The third-order valence-electron chi connectivity index (χ3n) is 4.83. The van der Waals surface area contributed by atoms with Gasteiger partial charge in [-0.15, -0.1) is 5.06 Å². The molecule has 0 aliphatic carbocycles. The normalized spacial score (nSPS) is 19.1. The minimum absolute atomic E-state index is 0.0207. The fourth-order valence-electron chi connectivity index (χ4n) is 3.32. The van der Waals surface area contributed by atoms with Gasteiger partial charge in [0.05, 0.1) is 17.0 Å². The van der Waals surface area contributed by atoms with E-state index in [-0.39, 0.29) is 28.5 Å². The standard InChI is InChI=1S/C20H17F5N2O4/c21-19(22)6-7-27(31-18(30)13-4-2-1-3-5-13)10-16(19)14-8-15(11-28)17(29)26(9-14)12-20(23,24)25/h1-5,8-9,11,16H,6-7,10,12H2. The fourth-order valence-corrected chi connectivity index (χ4v) is 3.32. The molecule has 6 nitrogen and oxygen atoms in total. The van der Waals surface area contributed by atoms with Crippen LogP contribution in [0.4, 0.5) is 22.0 Å². The van der Waals surface area contributed by atoms with E-state index in [2.05, 4.69) is 0 Å². The van der Waals surface area contributed by atoms with Crippen molar-refractivity contribution < 1.29 is 36.4 Å². The molecule has 3 rings (SSSR count). The van der Waals surface area contributed by atoms with Crippen molar-refractivity contribution in [2.45, 2.75) is 31.0 Å². The molecule has 0 N–H and O–H groups in total. The first kappa shape index (κ1) is 22.6. The molecule has 1 aromatic heterocycles. The van der Waals surface area contributed by atoms with Gasteiger partial charge in [-0.3, -0.25) is 9.59 Å². The number of hydroxylamine groups is 2. The molecule has 0 radical (unpaired) electrons. The number of alkyl halides is 5. The zero-order valence-corrected chi connectivity index (χ0v) is 15.9. The van der Waals surface area contributed by atoms with Crippen LogP contribution in [0.1, 0.15) is 38.6 Å². The van der Waals surface area contributed by atoms with E-state index in [0.717, 1.165) is 11.1 Å². The van der Waals surface area contributed by atoms with E-state index in [0.29, 0.717) is 6.20 Å². The van der Waals surface area contributed by atoms with Crippen LogP contribution in [0.5, 0.6) is 0 Å². The summed E-state index contributed by atoms with van der Waals surface area (Å²) in [6.45, 7) is -2.57. The summed E-state index contributed by atoms with van der Waals surface area (Å²) in [5.41, 5.74) is -2.05. The van der Waals surface area contributed by atoms with Crippen molar-refractivity contribution in [2.24, 2.45) is 0 Å². The lowest BCUT2D eigenvalue weighted by molar-refractivity contribution is -0.175. The van der Waals surface area contributed by atoms with Crippen LogP contribution in [-0.2, 0) is 11.4 Å². The topological polar surface area (TPSA) is 68.6 Å². The summed E-state index contributed by atoms with van der Waals surface area (Å²) in [5.74, 6) is -5.85. The highest BCUT2D eigenvalue weighted by Gasteiger charge is 2.46. The Hall–Kier alpha value is -3.08. The number of pyridine rings is 1. The zero-order valence-electron chi connectivity index (χ0n) is 15.9. The van der Waals surface area contributed by atoms with E-state index in [1.165, 1.54) is 12.1 Å². The molecule has 0 spiro atoms. The minimum atomic E-state index is -4.80. The molecule has 0 bridgehead atoms. The Morgan fingerprint density at radius 2 is 1.90 bits per heavy atom. The molecule has 1 aliphatic heterocycles. The molecule has 1 atom stereocenters. The smallest absolute Gasteiger partial charge is 0.364 e. The van der Waals surface area contributed by atoms with Crippen LogP contribution in [0.15, 0.2) is 47.4 Å². The predicted molar refractivity (Wildman–Crippen MR) is 97.9 cm³/mol. The SMILES string of the molecule is O=Cc1cc(C2CN(OC(=O)c3ccccc3)CCC2(F)F)cn(CC(F)(F)F)c1=O. The maximum absolute atomic E-state index is 14.6. The summed E-state index contributed by atoms with van der Waals surface area (Å²) in [4.78, 5) is 40.5. The fraction of sp³-hybridized carbons (Fsp3) is 0.350. The monoisotopic (exact) mass is 444 g/mol. The molecule has 1 saturated heterocycles. The minimum Gasteiger partial charge on any atom is -0.364 e. The molecule has 2 aromatic rings. The third-order valence-corrected chi connectivity index (χ3v) is 4.83. The molecule has 1 fully saturated rings. The van der Waals surface area contributed by atoms with E-state index in [1.807, 2.05) is 0 Å². The largest absolute Gasteiger partial charge is 0.406 e. The lowest BCUT2D eigenvalue weighted by Gasteiger charge is -2.37.